The zero-order valence-electron chi connectivity index (χ0n) is 15.3. The van der Waals surface area contributed by atoms with Crippen molar-refractivity contribution in [3.05, 3.63) is 47.5 Å². The molecule has 0 aliphatic carbocycles. The van der Waals surface area contributed by atoms with E-state index < -0.39 is 0 Å². The second-order valence-corrected chi connectivity index (χ2v) is 7.48. The standard InChI is InChI=1S/C21H23ClN4O/c1-14(26-10-6-3-7-11-26)21(27)23-20-17-12-16(15-8-4-2-5-9-15)18(22)13-19(17)24-25-20/h2,4-5,8-9,12-14H,3,6-7,10-11H2,1H3,(H2,23,24,25,27). The average Bonchev–Trinajstić information content (AvgIpc) is 3.09. The van der Waals surface area contributed by atoms with Crippen LogP contribution in [0.5, 0.6) is 0 Å². The first-order valence-electron chi connectivity index (χ1n) is 9.41. The molecule has 0 radical (unpaired) electrons. The molecular formula is C21H23ClN4O. The van der Waals surface area contributed by atoms with Gasteiger partial charge in [-0.05, 0) is 50.6 Å². The summed E-state index contributed by atoms with van der Waals surface area (Å²) in [5.74, 6) is 0.522. The van der Waals surface area contributed by atoms with Crippen LogP contribution in [0.15, 0.2) is 42.5 Å². The van der Waals surface area contributed by atoms with E-state index in [1.165, 1.54) is 6.42 Å². The van der Waals surface area contributed by atoms with Gasteiger partial charge in [-0.1, -0.05) is 48.4 Å². The predicted octanol–water partition coefficient (Wildman–Crippen LogP) is 4.70. The van der Waals surface area contributed by atoms with Crippen LogP contribution in [0, 0.1) is 0 Å². The largest absolute Gasteiger partial charge is 0.307 e. The number of likely N-dealkylation sites (tertiary alicyclic amines) is 1. The summed E-state index contributed by atoms with van der Waals surface area (Å²) in [4.78, 5) is 15.0. The zero-order chi connectivity index (χ0) is 18.8. The molecule has 6 heteroatoms. The Bertz CT molecular complexity index is 947. The number of fused-ring (bicyclic) bond motifs is 1. The van der Waals surface area contributed by atoms with Gasteiger partial charge in [0.1, 0.15) is 0 Å². The number of nitrogens with one attached hydrogen (secondary N) is 2. The van der Waals surface area contributed by atoms with E-state index in [2.05, 4.69) is 20.4 Å². The summed E-state index contributed by atoms with van der Waals surface area (Å²) >= 11 is 6.46. The Morgan fingerprint density at radius 1 is 1.19 bits per heavy atom. The molecule has 5 nitrogen and oxygen atoms in total. The fourth-order valence-electron chi connectivity index (χ4n) is 3.66. The van der Waals surface area contributed by atoms with Crippen LogP contribution >= 0.6 is 11.6 Å². The molecule has 1 atom stereocenters. The molecule has 1 aliphatic heterocycles. The van der Waals surface area contributed by atoms with Gasteiger partial charge < -0.3 is 5.32 Å². The van der Waals surface area contributed by atoms with E-state index in [1.807, 2.05) is 49.4 Å². The van der Waals surface area contributed by atoms with Gasteiger partial charge in [0.25, 0.3) is 0 Å². The molecule has 1 aromatic heterocycles. The molecule has 3 aromatic rings. The minimum absolute atomic E-state index is 0.0264. The normalized spacial score (nSPS) is 16.4. The van der Waals surface area contributed by atoms with Gasteiger partial charge in [-0.25, -0.2) is 0 Å². The maximum Gasteiger partial charge on any atom is 0.242 e. The number of anilines is 1. The molecule has 0 bridgehead atoms. The Labute approximate surface area is 163 Å². The van der Waals surface area contributed by atoms with Crippen LogP contribution in [0.2, 0.25) is 5.02 Å². The molecule has 27 heavy (non-hydrogen) atoms. The number of H-pyrrole nitrogens is 1. The van der Waals surface area contributed by atoms with E-state index in [0.29, 0.717) is 10.8 Å². The Kier molecular flexibility index (Phi) is 5.14. The van der Waals surface area contributed by atoms with Gasteiger partial charge in [0.15, 0.2) is 5.82 Å². The van der Waals surface area contributed by atoms with Crippen LogP contribution in [0.25, 0.3) is 22.0 Å². The van der Waals surface area contributed by atoms with Crippen molar-refractivity contribution in [3.63, 3.8) is 0 Å². The summed E-state index contributed by atoms with van der Waals surface area (Å²) in [6.45, 7) is 3.91. The maximum atomic E-state index is 12.7. The van der Waals surface area contributed by atoms with Gasteiger partial charge in [0.05, 0.1) is 16.6 Å². The number of halogens is 1. The Balaban J connectivity index is 1.61. The van der Waals surface area contributed by atoms with E-state index in [4.69, 9.17) is 11.6 Å². The number of benzene rings is 2. The third-order valence-corrected chi connectivity index (χ3v) is 5.61. The van der Waals surface area contributed by atoms with Gasteiger partial charge in [-0.2, -0.15) is 5.10 Å². The molecule has 2 aromatic carbocycles. The van der Waals surface area contributed by atoms with Crippen molar-refractivity contribution in [3.8, 4) is 11.1 Å². The molecule has 1 amide bonds. The Morgan fingerprint density at radius 2 is 1.93 bits per heavy atom. The van der Waals surface area contributed by atoms with Crippen molar-refractivity contribution in [1.82, 2.24) is 15.1 Å². The summed E-state index contributed by atoms with van der Waals surface area (Å²) in [7, 11) is 0. The summed E-state index contributed by atoms with van der Waals surface area (Å²) in [6, 6.07) is 13.6. The van der Waals surface area contributed by atoms with Crippen molar-refractivity contribution >= 4 is 34.2 Å². The monoisotopic (exact) mass is 382 g/mol. The topological polar surface area (TPSA) is 61.0 Å². The number of rotatable bonds is 4. The van der Waals surface area contributed by atoms with Crippen molar-refractivity contribution < 1.29 is 4.79 Å². The van der Waals surface area contributed by atoms with Gasteiger partial charge in [0, 0.05) is 10.9 Å². The van der Waals surface area contributed by atoms with Crippen LogP contribution in [0.3, 0.4) is 0 Å². The smallest absolute Gasteiger partial charge is 0.242 e. The molecule has 140 valence electrons. The summed E-state index contributed by atoms with van der Waals surface area (Å²) in [6.07, 6.45) is 3.56. The number of piperidine rings is 1. The molecule has 2 heterocycles. The van der Waals surface area contributed by atoms with Crippen LogP contribution in [-0.4, -0.2) is 40.1 Å². The number of aromatic nitrogens is 2. The highest BCUT2D eigenvalue weighted by Crippen LogP contribution is 2.34. The zero-order valence-corrected chi connectivity index (χ0v) is 16.1. The lowest BCUT2D eigenvalue weighted by Gasteiger charge is -2.31. The van der Waals surface area contributed by atoms with Gasteiger partial charge in [-0.15, -0.1) is 0 Å². The number of carbonyl (C=O) groups is 1. The lowest BCUT2D eigenvalue weighted by atomic mass is 10.0. The highest BCUT2D eigenvalue weighted by molar-refractivity contribution is 6.34. The molecule has 0 spiro atoms. The quantitative estimate of drug-likeness (QED) is 0.687. The van der Waals surface area contributed by atoms with E-state index in [9.17, 15) is 4.79 Å². The molecule has 1 saturated heterocycles. The number of nitrogens with zero attached hydrogens (tertiary/aromatic N) is 2. The van der Waals surface area contributed by atoms with E-state index in [0.717, 1.165) is 48.0 Å². The maximum absolute atomic E-state index is 12.7. The fraction of sp³-hybridized carbons (Fsp3) is 0.333. The number of hydrogen-bond acceptors (Lipinski definition) is 3. The third-order valence-electron chi connectivity index (χ3n) is 5.29. The summed E-state index contributed by atoms with van der Waals surface area (Å²) in [5, 5.41) is 11.8. The lowest BCUT2D eigenvalue weighted by molar-refractivity contribution is -0.121. The highest BCUT2D eigenvalue weighted by Gasteiger charge is 2.24. The fourth-order valence-corrected chi connectivity index (χ4v) is 3.94. The van der Waals surface area contributed by atoms with Crippen LogP contribution in [0.1, 0.15) is 26.2 Å². The first-order chi connectivity index (χ1) is 13.1. The molecule has 2 N–H and O–H groups in total. The second-order valence-electron chi connectivity index (χ2n) is 7.08. The molecule has 1 unspecified atom stereocenters. The second kappa shape index (κ2) is 7.71. The highest BCUT2D eigenvalue weighted by atomic mass is 35.5. The van der Waals surface area contributed by atoms with Crippen LogP contribution < -0.4 is 5.32 Å². The molecule has 1 fully saturated rings. The SMILES string of the molecule is CC(C(=O)Nc1n[nH]c2cc(Cl)c(-c3ccccc3)cc12)N1CCCCC1. The van der Waals surface area contributed by atoms with Gasteiger partial charge in [0.2, 0.25) is 5.91 Å². The van der Waals surface area contributed by atoms with Crippen molar-refractivity contribution in [1.29, 1.82) is 0 Å². The number of aromatic amines is 1. The summed E-state index contributed by atoms with van der Waals surface area (Å²) in [5.41, 5.74) is 2.76. The predicted molar refractivity (Wildman–Crippen MR) is 110 cm³/mol. The number of amides is 1. The van der Waals surface area contributed by atoms with Crippen molar-refractivity contribution in [2.24, 2.45) is 0 Å². The van der Waals surface area contributed by atoms with E-state index >= 15 is 0 Å². The number of hydrogen-bond donors (Lipinski definition) is 2. The van der Waals surface area contributed by atoms with Gasteiger partial charge >= 0.3 is 0 Å². The van der Waals surface area contributed by atoms with Gasteiger partial charge in [-0.3, -0.25) is 14.8 Å². The molecular weight excluding hydrogens is 360 g/mol. The molecule has 0 saturated carbocycles. The number of carbonyl (C=O) groups excluding carboxylic acids is 1. The Hall–Kier alpha value is -2.37. The van der Waals surface area contributed by atoms with E-state index in [-0.39, 0.29) is 11.9 Å². The third kappa shape index (κ3) is 3.70. The molecule has 1 aliphatic rings. The minimum Gasteiger partial charge on any atom is -0.307 e. The summed E-state index contributed by atoms with van der Waals surface area (Å²) < 4.78 is 0. The average molecular weight is 383 g/mol. The minimum atomic E-state index is -0.169. The van der Waals surface area contributed by atoms with Crippen LogP contribution in [0.4, 0.5) is 5.82 Å². The van der Waals surface area contributed by atoms with Crippen LogP contribution in [-0.2, 0) is 4.79 Å². The lowest BCUT2D eigenvalue weighted by Crippen LogP contribution is -2.44. The Morgan fingerprint density at radius 3 is 2.67 bits per heavy atom. The van der Waals surface area contributed by atoms with Crippen molar-refractivity contribution in [2.45, 2.75) is 32.2 Å². The van der Waals surface area contributed by atoms with E-state index in [1.54, 1.807) is 0 Å². The molecule has 4 rings (SSSR count). The first-order valence-corrected chi connectivity index (χ1v) is 9.79. The first kappa shape index (κ1) is 18.0. The van der Waals surface area contributed by atoms with Crippen molar-refractivity contribution in [2.75, 3.05) is 18.4 Å².